The molecule has 0 aliphatic heterocycles. The first-order valence-corrected chi connectivity index (χ1v) is 10.5. The highest BCUT2D eigenvalue weighted by molar-refractivity contribution is 7.99. The predicted octanol–water partition coefficient (Wildman–Crippen LogP) is 5.03. The molecule has 2 N–H and O–H groups in total. The molecule has 0 spiro atoms. The Bertz CT molecular complexity index is 1550. The minimum atomic E-state index is -0.594. The van der Waals surface area contributed by atoms with E-state index in [1.165, 1.54) is 42.2 Å². The number of imidazole rings is 1. The minimum Gasteiger partial charge on any atom is -0.451 e. The van der Waals surface area contributed by atoms with E-state index in [2.05, 4.69) is 20.5 Å². The minimum absolute atomic E-state index is 0.0153. The maximum atomic E-state index is 12.3. The Morgan fingerprint density at radius 1 is 1.18 bits per heavy atom. The summed E-state index contributed by atoms with van der Waals surface area (Å²) in [6, 6.07) is 15.0. The van der Waals surface area contributed by atoms with Gasteiger partial charge in [-0.3, -0.25) is 14.9 Å². The molecule has 10 nitrogen and oxygen atoms in total. The number of rotatable bonds is 6. The SMILES string of the molecule is Cc1ccc2nc(Sc3ccc(/C=N\NC(=O)c4cc5cc([N+](=O)[O-])ccc5o4)o3)[nH]c2c1. The number of hydrogen-bond donors (Lipinski definition) is 2. The second-order valence-electron chi connectivity index (χ2n) is 7.11. The maximum absolute atomic E-state index is 12.3. The number of nitro benzene ring substituents is 1. The van der Waals surface area contributed by atoms with Crippen LogP contribution in [0.25, 0.3) is 22.0 Å². The van der Waals surface area contributed by atoms with Gasteiger partial charge in [-0.05, 0) is 60.6 Å². The van der Waals surface area contributed by atoms with E-state index in [1.807, 2.05) is 25.1 Å². The standard InChI is InChI=1S/C22H15N5O5S/c1-12-2-5-16-17(8-12)25-22(24-16)33-20-7-4-15(31-20)11-23-26-21(28)19-10-13-9-14(27(29)30)3-6-18(13)32-19/h2-11H,1H3,(H,24,25)(H,26,28)/b23-11-. The Morgan fingerprint density at radius 2 is 2.06 bits per heavy atom. The van der Waals surface area contributed by atoms with Crippen molar-refractivity contribution in [3.05, 3.63) is 81.8 Å². The molecule has 0 atom stereocenters. The normalized spacial score (nSPS) is 11.5. The number of carbonyl (C=O) groups is 1. The van der Waals surface area contributed by atoms with Gasteiger partial charge in [-0.15, -0.1) is 0 Å². The summed E-state index contributed by atoms with van der Waals surface area (Å²) in [6.45, 7) is 2.02. The van der Waals surface area contributed by atoms with Crippen LogP contribution in [0, 0.1) is 17.0 Å². The molecule has 0 unspecified atom stereocenters. The molecule has 1 amide bonds. The lowest BCUT2D eigenvalue weighted by molar-refractivity contribution is -0.384. The van der Waals surface area contributed by atoms with E-state index in [-0.39, 0.29) is 11.4 Å². The Labute approximate surface area is 189 Å². The molecule has 0 radical (unpaired) electrons. The Kier molecular flexibility index (Phi) is 5.15. The number of non-ortho nitro benzene ring substituents is 1. The van der Waals surface area contributed by atoms with Crippen molar-refractivity contribution in [2.24, 2.45) is 5.10 Å². The van der Waals surface area contributed by atoms with Crippen molar-refractivity contribution >= 4 is 51.6 Å². The van der Waals surface area contributed by atoms with Crippen LogP contribution in [0.2, 0.25) is 0 Å². The second-order valence-corrected chi connectivity index (χ2v) is 8.10. The predicted molar refractivity (Wildman–Crippen MR) is 122 cm³/mol. The topological polar surface area (TPSA) is 140 Å². The number of carbonyl (C=O) groups excluding carboxylic acids is 1. The summed E-state index contributed by atoms with van der Waals surface area (Å²) in [5.74, 6) is -0.174. The number of aromatic nitrogens is 2. The summed E-state index contributed by atoms with van der Waals surface area (Å²) in [5.41, 5.74) is 5.59. The molecule has 0 aliphatic rings. The molecule has 0 fully saturated rings. The van der Waals surface area contributed by atoms with Crippen molar-refractivity contribution in [3.63, 3.8) is 0 Å². The zero-order valence-electron chi connectivity index (χ0n) is 17.1. The number of hydrazone groups is 1. The molecule has 11 heteroatoms. The number of aryl methyl sites for hydroxylation is 1. The average molecular weight is 461 g/mol. The molecule has 164 valence electrons. The van der Waals surface area contributed by atoms with Crippen molar-refractivity contribution in [2.45, 2.75) is 17.2 Å². The van der Waals surface area contributed by atoms with E-state index in [1.54, 1.807) is 12.1 Å². The fourth-order valence-electron chi connectivity index (χ4n) is 3.17. The van der Waals surface area contributed by atoms with Crippen LogP contribution in [0.5, 0.6) is 0 Å². The number of fused-ring (bicyclic) bond motifs is 2. The first-order valence-electron chi connectivity index (χ1n) is 9.70. The number of nitrogens with one attached hydrogen (secondary N) is 2. The van der Waals surface area contributed by atoms with Gasteiger partial charge in [0, 0.05) is 17.5 Å². The molecule has 0 saturated heterocycles. The number of H-pyrrole nitrogens is 1. The van der Waals surface area contributed by atoms with E-state index in [0.717, 1.165) is 16.6 Å². The lowest BCUT2D eigenvalue weighted by atomic mass is 10.2. The highest BCUT2D eigenvalue weighted by Crippen LogP contribution is 2.29. The zero-order chi connectivity index (χ0) is 22.9. The number of nitro groups is 1. The Morgan fingerprint density at radius 3 is 2.91 bits per heavy atom. The maximum Gasteiger partial charge on any atom is 0.307 e. The van der Waals surface area contributed by atoms with Gasteiger partial charge < -0.3 is 13.8 Å². The summed E-state index contributed by atoms with van der Waals surface area (Å²) >= 11 is 1.34. The lowest BCUT2D eigenvalue weighted by Gasteiger charge is -1.94. The van der Waals surface area contributed by atoms with Crippen LogP contribution in [0.4, 0.5) is 5.69 Å². The summed E-state index contributed by atoms with van der Waals surface area (Å²) in [6.07, 6.45) is 1.36. The van der Waals surface area contributed by atoms with Crippen LogP contribution < -0.4 is 5.43 Å². The molecule has 3 aromatic heterocycles. The van der Waals surface area contributed by atoms with Gasteiger partial charge in [-0.1, -0.05) is 6.07 Å². The first kappa shape index (κ1) is 20.5. The van der Waals surface area contributed by atoms with Crippen molar-refractivity contribution < 1.29 is 18.6 Å². The van der Waals surface area contributed by atoms with Gasteiger partial charge in [0.2, 0.25) is 0 Å². The third kappa shape index (κ3) is 4.34. The van der Waals surface area contributed by atoms with Gasteiger partial charge in [0.15, 0.2) is 16.0 Å². The fourth-order valence-corrected chi connectivity index (χ4v) is 3.94. The fraction of sp³-hybridized carbons (Fsp3) is 0.0455. The monoisotopic (exact) mass is 461 g/mol. The molecule has 2 aromatic carbocycles. The highest BCUT2D eigenvalue weighted by atomic mass is 32.2. The van der Waals surface area contributed by atoms with Gasteiger partial charge in [-0.2, -0.15) is 5.10 Å². The summed E-state index contributed by atoms with van der Waals surface area (Å²) in [4.78, 5) is 30.4. The number of benzene rings is 2. The van der Waals surface area contributed by atoms with E-state index in [4.69, 9.17) is 8.83 Å². The molecular formula is C22H15N5O5S. The summed E-state index contributed by atoms with van der Waals surface area (Å²) in [5, 5.41) is 16.5. The number of amides is 1. The third-order valence-electron chi connectivity index (χ3n) is 4.71. The van der Waals surface area contributed by atoms with Gasteiger partial charge in [-0.25, -0.2) is 10.4 Å². The van der Waals surface area contributed by atoms with Crippen molar-refractivity contribution in [3.8, 4) is 0 Å². The summed E-state index contributed by atoms with van der Waals surface area (Å²) < 4.78 is 11.1. The van der Waals surface area contributed by atoms with Crippen molar-refractivity contribution in [1.82, 2.24) is 15.4 Å². The zero-order valence-corrected chi connectivity index (χ0v) is 17.9. The summed E-state index contributed by atoms with van der Waals surface area (Å²) in [7, 11) is 0. The van der Waals surface area contributed by atoms with E-state index >= 15 is 0 Å². The van der Waals surface area contributed by atoms with Gasteiger partial charge in [0.25, 0.3) is 5.69 Å². The largest absolute Gasteiger partial charge is 0.451 e. The molecule has 0 aliphatic carbocycles. The van der Waals surface area contributed by atoms with Crippen LogP contribution in [0.15, 0.2) is 78.8 Å². The van der Waals surface area contributed by atoms with E-state index in [0.29, 0.717) is 27.0 Å². The number of aromatic amines is 1. The van der Waals surface area contributed by atoms with Crippen LogP contribution in [0.3, 0.4) is 0 Å². The lowest BCUT2D eigenvalue weighted by Crippen LogP contribution is -2.16. The second kappa shape index (κ2) is 8.28. The highest BCUT2D eigenvalue weighted by Gasteiger charge is 2.15. The molecule has 33 heavy (non-hydrogen) atoms. The number of nitrogens with zero attached hydrogens (tertiary/aromatic N) is 3. The smallest absolute Gasteiger partial charge is 0.307 e. The molecule has 3 heterocycles. The first-order chi connectivity index (χ1) is 15.9. The Balaban J connectivity index is 1.23. The van der Waals surface area contributed by atoms with Crippen LogP contribution in [-0.4, -0.2) is 27.0 Å². The van der Waals surface area contributed by atoms with Gasteiger partial charge in [0.1, 0.15) is 11.3 Å². The average Bonchev–Trinajstić information content (AvgIpc) is 3.50. The number of hydrogen-bond acceptors (Lipinski definition) is 8. The number of furan rings is 2. The molecule has 5 aromatic rings. The van der Waals surface area contributed by atoms with Crippen LogP contribution in [0.1, 0.15) is 21.9 Å². The molecular weight excluding hydrogens is 446 g/mol. The van der Waals surface area contributed by atoms with Crippen LogP contribution >= 0.6 is 11.8 Å². The van der Waals surface area contributed by atoms with E-state index in [9.17, 15) is 14.9 Å². The van der Waals surface area contributed by atoms with Gasteiger partial charge in [0.05, 0.1) is 22.2 Å². The Hall–Kier alpha value is -4.38. The van der Waals surface area contributed by atoms with E-state index < -0.39 is 10.8 Å². The quantitative estimate of drug-likeness (QED) is 0.205. The molecule has 0 saturated carbocycles. The molecule has 5 rings (SSSR count). The van der Waals surface area contributed by atoms with Crippen molar-refractivity contribution in [1.29, 1.82) is 0 Å². The third-order valence-corrected chi connectivity index (χ3v) is 5.51. The molecule has 0 bridgehead atoms. The van der Waals surface area contributed by atoms with Crippen LogP contribution in [-0.2, 0) is 0 Å². The van der Waals surface area contributed by atoms with Crippen molar-refractivity contribution in [2.75, 3.05) is 0 Å². The van der Waals surface area contributed by atoms with Gasteiger partial charge >= 0.3 is 5.91 Å².